The Morgan fingerprint density at radius 1 is 0.725 bits per heavy atom. The van der Waals surface area contributed by atoms with Gasteiger partial charge in [-0.25, -0.2) is 15.0 Å². The van der Waals surface area contributed by atoms with Gasteiger partial charge in [-0.3, -0.25) is 4.79 Å². The Labute approximate surface area is 235 Å². The number of amides is 1. The second-order valence-corrected chi connectivity index (χ2v) is 9.46. The number of rotatable bonds is 9. The van der Waals surface area contributed by atoms with Gasteiger partial charge in [-0.2, -0.15) is 0 Å². The summed E-state index contributed by atoms with van der Waals surface area (Å²) in [7, 11) is 6.35. The van der Waals surface area contributed by atoms with E-state index >= 15 is 0 Å². The summed E-state index contributed by atoms with van der Waals surface area (Å²) in [4.78, 5) is 27.9. The fourth-order valence-electron chi connectivity index (χ4n) is 3.90. The number of methoxy groups -OCH3 is 4. The summed E-state index contributed by atoms with van der Waals surface area (Å²) >= 11 is 1.45. The topological polar surface area (TPSA) is 105 Å². The van der Waals surface area contributed by atoms with E-state index in [9.17, 15) is 4.79 Å². The maximum atomic E-state index is 12.9. The third-order valence-electron chi connectivity index (χ3n) is 5.98. The third-order valence-corrected chi connectivity index (χ3v) is 6.98. The van der Waals surface area contributed by atoms with Gasteiger partial charge in [0.25, 0.3) is 0 Å². The van der Waals surface area contributed by atoms with Crippen molar-refractivity contribution in [3.63, 3.8) is 0 Å². The van der Waals surface area contributed by atoms with Crippen molar-refractivity contribution >= 4 is 39.4 Å². The van der Waals surface area contributed by atoms with Crippen molar-refractivity contribution in [2.45, 2.75) is 0 Å². The normalized spacial score (nSPS) is 11.0. The van der Waals surface area contributed by atoms with E-state index in [1.54, 1.807) is 52.7 Å². The molecule has 5 rings (SSSR count). The maximum Gasteiger partial charge on any atom is 0.248 e. The van der Waals surface area contributed by atoms with E-state index in [-0.39, 0.29) is 5.91 Å². The molecule has 0 fully saturated rings. The number of benzene rings is 3. The molecule has 0 saturated carbocycles. The molecule has 0 unspecified atom stereocenters. The van der Waals surface area contributed by atoms with Crippen LogP contribution in [0.5, 0.6) is 23.0 Å². The van der Waals surface area contributed by atoms with E-state index < -0.39 is 0 Å². The van der Waals surface area contributed by atoms with E-state index in [1.165, 1.54) is 17.4 Å². The van der Waals surface area contributed by atoms with Gasteiger partial charge in [0.2, 0.25) is 5.91 Å². The second kappa shape index (κ2) is 11.8. The zero-order valence-corrected chi connectivity index (χ0v) is 23.1. The summed E-state index contributed by atoms with van der Waals surface area (Å²) in [6.45, 7) is 0. The zero-order valence-electron chi connectivity index (χ0n) is 22.3. The molecule has 0 atom stereocenters. The van der Waals surface area contributed by atoms with Gasteiger partial charge in [-0.05, 0) is 54.6 Å². The Hall–Kier alpha value is -4.96. The van der Waals surface area contributed by atoms with Gasteiger partial charge in [0.15, 0.2) is 5.82 Å². The highest BCUT2D eigenvalue weighted by atomic mass is 32.1. The highest BCUT2D eigenvalue weighted by Gasteiger charge is 2.15. The van der Waals surface area contributed by atoms with Gasteiger partial charge in [-0.1, -0.05) is 11.3 Å². The smallest absolute Gasteiger partial charge is 0.248 e. The molecule has 9 nitrogen and oxygen atoms in total. The molecule has 5 aromatic rings. The number of thiazole rings is 1. The standard InChI is InChI=1S/C30H26N4O5S/c1-36-21-9-5-18(6-10-21)28-32-25(13-14-26(35)31-20-15-23(38-3)17-24(16-20)39-4)27-30(34-28)40-29(33-27)19-7-11-22(37-2)12-8-19/h5-17H,1-4H3,(H,31,35)/b14-13+. The maximum absolute atomic E-state index is 12.9. The summed E-state index contributed by atoms with van der Waals surface area (Å²) in [5.41, 5.74) is 3.39. The molecule has 0 aliphatic heterocycles. The molecule has 3 aromatic carbocycles. The predicted octanol–water partition coefficient (Wildman–Crippen LogP) is 6.11. The fourth-order valence-corrected chi connectivity index (χ4v) is 4.86. The SMILES string of the molecule is COc1ccc(-c2nc(/C=C/C(=O)Nc3cc(OC)cc(OC)c3)c3nc(-c4ccc(OC)cc4)sc3n2)cc1. The number of carbonyl (C=O) groups is 1. The molecule has 2 heterocycles. The molecule has 0 radical (unpaired) electrons. The Balaban J connectivity index is 1.52. The summed E-state index contributed by atoms with van der Waals surface area (Å²) in [6.07, 6.45) is 3.05. The zero-order chi connectivity index (χ0) is 28.1. The summed E-state index contributed by atoms with van der Waals surface area (Å²) < 4.78 is 21.1. The largest absolute Gasteiger partial charge is 0.497 e. The van der Waals surface area contributed by atoms with Crippen LogP contribution in [0.25, 0.3) is 38.4 Å². The lowest BCUT2D eigenvalue weighted by Crippen LogP contribution is -2.08. The van der Waals surface area contributed by atoms with Crippen molar-refractivity contribution in [3.8, 4) is 45.0 Å². The number of hydrogen-bond donors (Lipinski definition) is 1. The minimum atomic E-state index is -0.348. The van der Waals surface area contributed by atoms with Crippen LogP contribution in [0.1, 0.15) is 5.69 Å². The van der Waals surface area contributed by atoms with Gasteiger partial charge in [0.1, 0.15) is 38.4 Å². The minimum absolute atomic E-state index is 0.348. The average Bonchev–Trinajstić information content (AvgIpc) is 3.44. The molecule has 0 aliphatic rings. The number of aromatic nitrogens is 3. The van der Waals surface area contributed by atoms with Gasteiger partial charge in [0.05, 0.1) is 34.1 Å². The van der Waals surface area contributed by atoms with Gasteiger partial charge < -0.3 is 24.3 Å². The lowest BCUT2D eigenvalue weighted by Gasteiger charge is -2.08. The van der Waals surface area contributed by atoms with Crippen molar-refractivity contribution in [1.29, 1.82) is 0 Å². The van der Waals surface area contributed by atoms with E-state index in [0.29, 0.717) is 39.1 Å². The molecule has 0 bridgehead atoms. The monoisotopic (exact) mass is 554 g/mol. The number of ether oxygens (including phenoxy) is 4. The van der Waals surface area contributed by atoms with Crippen molar-refractivity contribution in [1.82, 2.24) is 15.0 Å². The van der Waals surface area contributed by atoms with Crippen LogP contribution in [-0.2, 0) is 4.79 Å². The van der Waals surface area contributed by atoms with Crippen molar-refractivity contribution in [2.24, 2.45) is 0 Å². The average molecular weight is 555 g/mol. The Kier molecular flexibility index (Phi) is 7.88. The van der Waals surface area contributed by atoms with Gasteiger partial charge in [-0.15, -0.1) is 0 Å². The molecule has 1 amide bonds. The molecular formula is C30H26N4O5S. The Morgan fingerprint density at radius 2 is 1.30 bits per heavy atom. The molecule has 202 valence electrons. The van der Waals surface area contributed by atoms with E-state index in [1.807, 2.05) is 48.5 Å². The molecule has 1 N–H and O–H groups in total. The molecule has 2 aromatic heterocycles. The van der Waals surface area contributed by atoms with Gasteiger partial charge >= 0.3 is 0 Å². The first-order chi connectivity index (χ1) is 19.5. The van der Waals surface area contributed by atoms with Gasteiger partial charge in [0, 0.05) is 41.1 Å². The predicted molar refractivity (Wildman–Crippen MR) is 156 cm³/mol. The summed E-state index contributed by atoms with van der Waals surface area (Å²) in [6, 6.07) is 20.3. The Bertz CT molecular complexity index is 1660. The molecular weight excluding hydrogens is 528 g/mol. The summed E-state index contributed by atoms with van der Waals surface area (Å²) in [5.74, 6) is 2.78. The quantitative estimate of drug-likeness (QED) is 0.218. The number of anilines is 1. The third kappa shape index (κ3) is 5.87. The van der Waals surface area contributed by atoms with Crippen LogP contribution in [-0.4, -0.2) is 49.3 Å². The second-order valence-electron chi connectivity index (χ2n) is 8.49. The van der Waals surface area contributed by atoms with E-state index in [4.69, 9.17) is 33.9 Å². The van der Waals surface area contributed by atoms with E-state index in [0.717, 1.165) is 27.6 Å². The molecule has 10 heteroatoms. The van der Waals surface area contributed by atoms with Crippen LogP contribution >= 0.6 is 11.3 Å². The number of fused-ring (bicyclic) bond motifs is 1. The highest BCUT2D eigenvalue weighted by Crippen LogP contribution is 2.33. The number of nitrogens with zero attached hydrogens (tertiary/aromatic N) is 3. The van der Waals surface area contributed by atoms with Crippen LogP contribution < -0.4 is 24.3 Å². The fraction of sp³-hybridized carbons (Fsp3) is 0.133. The number of hydrogen-bond acceptors (Lipinski definition) is 9. The first kappa shape index (κ1) is 26.6. The lowest BCUT2D eigenvalue weighted by molar-refractivity contribution is -0.111. The van der Waals surface area contributed by atoms with Crippen LogP contribution in [0.2, 0.25) is 0 Å². The molecule has 0 spiro atoms. The van der Waals surface area contributed by atoms with Crippen LogP contribution in [0.15, 0.2) is 72.8 Å². The molecule has 40 heavy (non-hydrogen) atoms. The first-order valence-corrected chi connectivity index (χ1v) is 13.0. The van der Waals surface area contributed by atoms with Crippen molar-refractivity contribution in [2.75, 3.05) is 33.8 Å². The van der Waals surface area contributed by atoms with Crippen molar-refractivity contribution < 1.29 is 23.7 Å². The molecule has 0 aliphatic carbocycles. The highest BCUT2D eigenvalue weighted by molar-refractivity contribution is 7.21. The number of carbonyl (C=O) groups excluding carboxylic acids is 1. The summed E-state index contributed by atoms with van der Waals surface area (Å²) in [5, 5.41) is 3.62. The number of nitrogens with one attached hydrogen (secondary N) is 1. The van der Waals surface area contributed by atoms with Crippen LogP contribution in [0.4, 0.5) is 5.69 Å². The van der Waals surface area contributed by atoms with Crippen LogP contribution in [0, 0.1) is 0 Å². The first-order valence-electron chi connectivity index (χ1n) is 12.2. The lowest BCUT2D eigenvalue weighted by atomic mass is 10.2. The van der Waals surface area contributed by atoms with Crippen molar-refractivity contribution in [3.05, 3.63) is 78.5 Å². The molecule has 0 saturated heterocycles. The Morgan fingerprint density at radius 3 is 1.88 bits per heavy atom. The van der Waals surface area contributed by atoms with Crippen LogP contribution in [0.3, 0.4) is 0 Å². The minimum Gasteiger partial charge on any atom is -0.497 e. The van der Waals surface area contributed by atoms with E-state index in [2.05, 4.69) is 5.32 Å².